The first-order chi connectivity index (χ1) is 13.2. The highest BCUT2D eigenvalue weighted by Crippen LogP contribution is 2.33. The predicted octanol–water partition coefficient (Wildman–Crippen LogP) is 2.47. The molecule has 3 rings (SSSR count). The molecule has 1 saturated heterocycles. The lowest BCUT2D eigenvalue weighted by Crippen LogP contribution is -2.27. The van der Waals surface area contributed by atoms with Gasteiger partial charge in [0.2, 0.25) is 17.7 Å². The molecule has 1 atom stereocenters. The van der Waals surface area contributed by atoms with Crippen molar-refractivity contribution in [2.45, 2.75) is 45.3 Å². The number of nitrogens with zero attached hydrogens (tertiary/aromatic N) is 3. The second kappa shape index (κ2) is 7.87. The van der Waals surface area contributed by atoms with E-state index in [2.05, 4.69) is 20.2 Å². The van der Waals surface area contributed by atoms with Crippen molar-refractivity contribution in [2.24, 2.45) is 0 Å². The first kappa shape index (κ1) is 19.6. The lowest BCUT2D eigenvalue weighted by atomic mass is 10.1. The number of benzene rings is 1. The molecule has 0 saturated carbocycles. The van der Waals surface area contributed by atoms with E-state index in [1.165, 1.54) is 36.1 Å². The molecule has 1 aliphatic rings. The lowest BCUT2D eigenvalue weighted by molar-refractivity contribution is -0.274. The van der Waals surface area contributed by atoms with E-state index in [4.69, 9.17) is 4.52 Å². The first-order valence-electron chi connectivity index (χ1n) is 8.42. The molecule has 2 aromatic rings. The van der Waals surface area contributed by atoms with E-state index < -0.39 is 12.4 Å². The van der Waals surface area contributed by atoms with Crippen LogP contribution in [-0.2, 0) is 22.7 Å². The van der Waals surface area contributed by atoms with Crippen molar-refractivity contribution < 1.29 is 32.0 Å². The Labute approximate surface area is 157 Å². The third-order valence-corrected chi connectivity index (χ3v) is 4.10. The summed E-state index contributed by atoms with van der Waals surface area (Å²) in [6, 6.07) is 4.87. The van der Waals surface area contributed by atoms with Gasteiger partial charge in [-0.05, 0) is 24.1 Å². The van der Waals surface area contributed by atoms with E-state index in [0.29, 0.717) is 18.4 Å². The number of likely N-dealkylation sites (tertiary alicyclic amines) is 1. The van der Waals surface area contributed by atoms with Gasteiger partial charge < -0.3 is 19.5 Å². The summed E-state index contributed by atoms with van der Waals surface area (Å²) in [6.07, 6.45) is -3.98. The summed E-state index contributed by atoms with van der Waals surface area (Å²) in [5.74, 6) is -0.148. The van der Waals surface area contributed by atoms with E-state index in [9.17, 15) is 22.8 Å². The molecule has 0 spiro atoms. The van der Waals surface area contributed by atoms with E-state index in [0.717, 1.165) is 0 Å². The van der Waals surface area contributed by atoms with Gasteiger partial charge in [-0.2, -0.15) is 4.98 Å². The smallest absolute Gasteiger partial charge is 0.406 e. The number of rotatable bonds is 6. The average molecular weight is 398 g/mol. The summed E-state index contributed by atoms with van der Waals surface area (Å²) in [5.41, 5.74) is 0.632. The normalized spacial score (nSPS) is 17.1. The van der Waals surface area contributed by atoms with Crippen LogP contribution in [0.1, 0.15) is 43.1 Å². The summed E-state index contributed by atoms with van der Waals surface area (Å²) >= 11 is 0. The number of halogens is 3. The van der Waals surface area contributed by atoms with Gasteiger partial charge in [0.05, 0.1) is 6.54 Å². The van der Waals surface area contributed by atoms with Gasteiger partial charge >= 0.3 is 6.36 Å². The molecule has 2 amide bonds. The molecular formula is C17H17F3N4O4. The van der Waals surface area contributed by atoms with Crippen LogP contribution in [0.2, 0.25) is 0 Å². The van der Waals surface area contributed by atoms with Crippen LogP contribution in [0.5, 0.6) is 5.75 Å². The van der Waals surface area contributed by atoms with Crippen molar-refractivity contribution in [3.05, 3.63) is 41.5 Å². The molecule has 1 N–H and O–H groups in total. The fraction of sp³-hybridized carbons (Fsp3) is 0.412. The van der Waals surface area contributed by atoms with E-state index in [-0.39, 0.29) is 42.4 Å². The Kier molecular flexibility index (Phi) is 5.52. The van der Waals surface area contributed by atoms with Crippen LogP contribution in [0.4, 0.5) is 13.2 Å². The van der Waals surface area contributed by atoms with E-state index >= 15 is 0 Å². The lowest BCUT2D eigenvalue weighted by Gasteiger charge is -2.22. The molecule has 11 heteroatoms. The van der Waals surface area contributed by atoms with Crippen LogP contribution in [-0.4, -0.2) is 33.2 Å². The number of amides is 2. The molecule has 0 aliphatic carbocycles. The third-order valence-electron chi connectivity index (χ3n) is 4.10. The molecule has 1 aromatic heterocycles. The van der Waals surface area contributed by atoms with Crippen molar-refractivity contribution in [3.63, 3.8) is 0 Å². The van der Waals surface area contributed by atoms with Gasteiger partial charge in [-0.25, -0.2) is 0 Å². The van der Waals surface area contributed by atoms with Crippen LogP contribution in [0.3, 0.4) is 0 Å². The number of carbonyl (C=O) groups is 2. The highest BCUT2D eigenvalue weighted by atomic mass is 19.4. The van der Waals surface area contributed by atoms with Gasteiger partial charge in [-0.3, -0.25) is 9.59 Å². The Morgan fingerprint density at radius 3 is 2.71 bits per heavy atom. The Morgan fingerprint density at radius 2 is 2.07 bits per heavy atom. The zero-order valence-electron chi connectivity index (χ0n) is 14.8. The number of aromatic nitrogens is 2. The van der Waals surface area contributed by atoms with Crippen molar-refractivity contribution in [1.29, 1.82) is 0 Å². The number of nitrogens with one attached hydrogen (secondary N) is 1. The Morgan fingerprint density at radius 1 is 1.36 bits per heavy atom. The third kappa shape index (κ3) is 4.99. The maximum absolute atomic E-state index is 12.2. The summed E-state index contributed by atoms with van der Waals surface area (Å²) in [6.45, 7) is 1.66. The minimum absolute atomic E-state index is 0.111. The molecule has 0 radical (unpaired) electrons. The van der Waals surface area contributed by atoms with Gasteiger partial charge in [-0.1, -0.05) is 17.3 Å². The Bertz CT molecular complexity index is 851. The molecule has 0 bridgehead atoms. The molecule has 150 valence electrons. The minimum Gasteiger partial charge on any atom is -0.406 e. The zero-order chi connectivity index (χ0) is 20.3. The highest BCUT2D eigenvalue weighted by Gasteiger charge is 2.36. The summed E-state index contributed by atoms with van der Waals surface area (Å²) < 4.78 is 45.8. The maximum atomic E-state index is 12.2. The van der Waals surface area contributed by atoms with Crippen molar-refractivity contribution in [3.8, 4) is 5.75 Å². The second-order valence-electron chi connectivity index (χ2n) is 6.23. The predicted molar refractivity (Wildman–Crippen MR) is 87.5 cm³/mol. The van der Waals surface area contributed by atoms with E-state index in [1.807, 2.05) is 0 Å². The van der Waals surface area contributed by atoms with Gasteiger partial charge in [0.25, 0.3) is 0 Å². The first-order valence-corrected chi connectivity index (χ1v) is 8.42. The fourth-order valence-electron chi connectivity index (χ4n) is 2.86. The topological polar surface area (TPSA) is 97.6 Å². The number of carbonyl (C=O) groups excluding carboxylic acids is 2. The fourth-order valence-corrected chi connectivity index (χ4v) is 2.86. The minimum atomic E-state index is -4.76. The number of alkyl halides is 3. The van der Waals surface area contributed by atoms with Crippen molar-refractivity contribution in [1.82, 2.24) is 20.4 Å². The SMILES string of the molecule is CC(=O)NCc1noc([C@@H]2CCC(=O)N2Cc2ccc(OC(F)(F)F)cc2)n1. The van der Waals surface area contributed by atoms with Gasteiger partial charge in [0, 0.05) is 19.9 Å². The maximum Gasteiger partial charge on any atom is 0.573 e. The zero-order valence-corrected chi connectivity index (χ0v) is 14.8. The highest BCUT2D eigenvalue weighted by molar-refractivity contribution is 5.78. The van der Waals surface area contributed by atoms with Crippen LogP contribution in [0.25, 0.3) is 0 Å². The van der Waals surface area contributed by atoms with Crippen molar-refractivity contribution >= 4 is 11.8 Å². The summed E-state index contributed by atoms with van der Waals surface area (Å²) in [4.78, 5) is 29.0. The van der Waals surface area contributed by atoms with Crippen LogP contribution >= 0.6 is 0 Å². The molecule has 8 nitrogen and oxygen atoms in total. The molecule has 1 aliphatic heterocycles. The van der Waals surface area contributed by atoms with Crippen LogP contribution < -0.4 is 10.1 Å². The Hall–Kier alpha value is -3.11. The van der Waals surface area contributed by atoms with Crippen LogP contribution in [0.15, 0.2) is 28.8 Å². The van der Waals surface area contributed by atoms with Gasteiger partial charge in [-0.15, -0.1) is 13.2 Å². The van der Waals surface area contributed by atoms with Gasteiger partial charge in [0.1, 0.15) is 11.8 Å². The largest absolute Gasteiger partial charge is 0.573 e. The summed E-state index contributed by atoms with van der Waals surface area (Å²) in [7, 11) is 0. The van der Waals surface area contributed by atoms with Gasteiger partial charge in [0.15, 0.2) is 5.82 Å². The number of ether oxygens (including phenoxy) is 1. The summed E-state index contributed by atoms with van der Waals surface area (Å²) in [5, 5.41) is 6.33. The number of hydrogen-bond acceptors (Lipinski definition) is 6. The van der Waals surface area contributed by atoms with Crippen molar-refractivity contribution in [2.75, 3.05) is 0 Å². The molecule has 28 heavy (non-hydrogen) atoms. The quantitative estimate of drug-likeness (QED) is 0.803. The van der Waals surface area contributed by atoms with Crippen LogP contribution in [0, 0.1) is 0 Å². The average Bonchev–Trinajstić information content (AvgIpc) is 3.21. The van der Waals surface area contributed by atoms with E-state index in [1.54, 1.807) is 0 Å². The number of hydrogen-bond donors (Lipinski definition) is 1. The molecule has 1 fully saturated rings. The standard InChI is InChI=1S/C17H17F3N4O4/c1-10(25)21-8-14-22-16(28-23-14)13-6-7-15(26)24(13)9-11-2-4-12(5-3-11)27-17(18,19)20/h2-5,13H,6-9H2,1H3,(H,21,25)/t13-/m0/s1. The monoisotopic (exact) mass is 398 g/mol. The Balaban J connectivity index is 1.68. The molecule has 1 aromatic carbocycles. The second-order valence-corrected chi connectivity index (χ2v) is 6.23. The molecule has 0 unspecified atom stereocenters. The molecule has 2 heterocycles. The molecular weight excluding hydrogens is 381 g/mol.